The molecular weight excluding hydrogens is 571 g/mol. The summed E-state index contributed by atoms with van der Waals surface area (Å²) >= 11 is 0. The van der Waals surface area contributed by atoms with E-state index in [0.717, 1.165) is 60.1 Å². The molecule has 42 heavy (non-hydrogen) atoms. The molecular formula is C30H32F3N3O5S. The molecule has 224 valence electrons. The summed E-state index contributed by atoms with van der Waals surface area (Å²) in [5.74, 6) is 0.580. The fourth-order valence-corrected chi connectivity index (χ4v) is 7.02. The molecule has 2 bridgehead atoms. The molecule has 1 amide bonds. The van der Waals surface area contributed by atoms with Gasteiger partial charge in [0, 0.05) is 12.1 Å². The van der Waals surface area contributed by atoms with E-state index in [4.69, 9.17) is 4.74 Å². The monoisotopic (exact) mass is 603 g/mol. The number of rotatable bonds is 5. The van der Waals surface area contributed by atoms with Crippen molar-refractivity contribution in [2.45, 2.75) is 81.9 Å². The average molecular weight is 604 g/mol. The van der Waals surface area contributed by atoms with Crippen LogP contribution in [-0.4, -0.2) is 47.0 Å². The first-order valence-corrected chi connectivity index (χ1v) is 15.5. The van der Waals surface area contributed by atoms with Crippen molar-refractivity contribution in [3.05, 3.63) is 59.5 Å². The third-order valence-electron chi connectivity index (χ3n) is 8.28. The minimum Gasteiger partial charge on any atom is -0.444 e. The summed E-state index contributed by atoms with van der Waals surface area (Å²) in [7, 11) is -5.76. The van der Waals surface area contributed by atoms with Crippen molar-refractivity contribution in [3.63, 3.8) is 0 Å². The minimum atomic E-state index is -5.76. The number of hydrogen-bond acceptors (Lipinski definition) is 6. The van der Waals surface area contributed by atoms with Gasteiger partial charge >= 0.3 is 21.7 Å². The van der Waals surface area contributed by atoms with Crippen molar-refractivity contribution in [1.82, 2.24) is 14.9 Å². The van der Waals surface area contributed by atoms with E-state index in [1.165, 1.54) is 6.07 Å². The minimum absolute atomic E-state index is 0.0260. The maximum Gasteiger partial charge on any atom is 0.534 e. The van der Waals surface area contributed by atoms with Gasteiger partial charge in [0.25, 0.3) is 0 Å². The van der Waals surface area contributed by atoms with Crippen LogP contribution in [0.2, 0.25) is 0 Å². The SMILES string of the molecule is CC(C)(C)OC(=O)N1CCC[C@H]1c1ncc(-c2ccc(-c3ccc(OS(=O)(=O)C(F)(F)F)c4c3C3CCC4C3)cc2)[nH]1. The number of carbonyl (C=O) groups excluding carboxylic acids is 1. The number of H-pyrrole nitrogens is 1. The van der Waals surface area contributed by atoms with Gasteiger partial charge in [-0.3, -0.25) is 4.90 Å². The Bertz CT molecular complexity index is 1630. The Morgan fingerprint density at radius 1 is 0.976 bits per heavy atom. The Kier molecular flexibility index (Phi) is 6.82. The van der Waals surface area contributed by atoms with Crippen LogP contribution in [0, 0.1) is 0 Å². The van der Waals surface area contributed by atoms with Crippen LogP contribution in [-0.2, 0) is 14.9 Å². The number of halogens is 3. The fourth-order valence-electron chi connectivity index (χ4n) is 6.55. The van der Waals surface area contributed by atoms with Crippen molar-refractivity contribution in [2.75, 3.05) is 6.54 Å². The molecule has 1 saturated carbocycles. The van der Waals surface area contributed by atoms with E-state index >= 15 is 0 Å². The number of nitrogens with zero attached hydrogens (tertiary/aromatic N) is 2. The van der Waals surface area contributed by atoms with Crippen LogP contribution in [0.1, 0.15) is 87.7 Å². The average Bonchev–Trinajstić information content (AvgIpc) is 3.71. The van der Waals surface area contributed by atoms with Gasteiger partial charge in [0.05, 0.1) is 17.9 Å². The predicted molar refractivity (Wildman–Crippen MR) is 149 cm³/mol. The Morgan fingerprint density at radius 2 is 1.64 bits per heavy atom. The lowest BCUT2D eigenvalue weighted by Gasteiger charge is -2.27. The van der Waals surface area contributed by atoms with E-state index in [9.17, 15) is 26.4 Å². The third-order valence-corrected chi connectivity index (χ3v) is 9.24. The first kappa shape index (κ1) is 28.6. The van der Waals surface area contributed by atoms with Gasteiger partial charge in [-0.1, -0.05) is 30.3 Å². The summed E-state index contributed by atoms with van der Waals surface area (Å²) in [6.07, 6.45) is 5.47. The molecule has 12 heteroatoms. The van der Waals surface area contributed by atoms with Gasteiger partial charge in [0.15, 0.2) is 0 Å². The molecule has 1 aromatic heterocycles. The second-order valence-electron chi connectivity index (χ2n) is 12.2. The Hall–Kier alpha value is -3.54. The first-order valence-electron chi connectivity index (χ1n) is 14.0. The number of aromatic nitrogens is 2. The highest BCUT2D eigenvalue weighted by Gasteiger charge is 2.50. The quantitative estimate of drug-likeness (QED) is 0.241. The molecule has 0 spiro atoms. The number of fused-ring (bicyclic) bond motifs is 5. The maximum absolute atomic E-state index is 13.0. The molecule has 1 aliphatic heterocycles. The summed E-state index contributed by atoms with van der Waals surface area (Å²) in [5.41, 5.74) is -1.22. The van der Waals surface area contributed by atoms with Crippen molar-refractivity contribution >= 4 is 16.2 Å². The molecule has 2 aliphatic carbocycles. The maximum atomic E-state index is 13.0. The second kappa shape index (κ2) is 10.0. The molecule has 3 aromatic rings. The topological polar surface area (TPSA) is 102 Å². The van der Waals surface area contributed by atoms with Crippen molar-refractivity contribution < 1.29 is 35.3 Å². The molecule has 1 N–H and O–H groups in total. The van der Waals surface area contributed by atoms with E-state index in [1.54, 1.807) is 17.2 Å². The van der Waals surface area contributed by atoms with Crippen LogP contribution in [0.25, 0.3) is 22.4 Å². The molecule has 0 radical (unpaired) electrons. The number of ether oxygens (including phenoxy) is 1. The third kappa shape index (κ3) is 5.14. The standard InChI is InChI=1S/C30H32F3N3O5S/c1-29(2,3)40-28(37)36-14-4-5-23(36)27-34-16-22(35-27)18-8-6-17(7-9-18)21-12-13-24(41-42(38,39)30(31,32)33)26-20-11-10-19(15-20)25(21)26/h6-9,12-13,16,19-20,23H,4-5,10-11,14-15H2,1-3H3,(H,34,35)/t19?,20?,23-/m0/s1. The van der Waals surface area contributed by atoms with Gasteiger partial charge in [0.2, 0.25) is 0 Å². The Labute approximate surface area is 242 Å². The zero-order valence-electron chi connectivity index (χ0n) is 23.5. The first-order chi connectivity index (χ1) is 19.7. The van der Waals surface area contributed by atoms with Gasteiger partial charge < -0.3 is 13.9 Å². The molecule has 2 fully saturated rings. The van der Waals surface area contributed by atoms with Crippen molar-refractivity contribution in [1.29, 1.82) is 0 Å². The van der Waals surface area contributed by atoms with Gasteiger partial charge in [-0.25, -0.2) is 9.78 Å². The molecule has 2 unspecified atom stereocenters. The lowest BCUT2D eigenvalue weighted by molar-refractivity contribution is -0.0500. The number of benzene rings is 2. The van der Waals surface area contributed by atoms with E-state index in [0.29, 0.717) is 17.9 Å². The second-order valence-corrected chi connectivity index (χ2v) is 13.8. The van der Waals surface area contributed by atoms with Crippen molar-refractivity contribution in [3.8, 4) is 28.1 Å². The van der Waals surface area contributed by atoms with E-state index in [2.05, 4.69) is 14.2 Å². The van der Waals surface area contributed by atoms with Crippen LogP contribution in [0.4, 0.5) is 18.0 Å². The molecule has 3 atom stereocenters. The van der Waals surface area contributed by atoms with Crippen LogP contribution >= 0.6 is 0 Å². The number of amides is 1. The number of alkyl halides is 3. The largest absolute Gasteiger partial charge is 0.534 e. The van der Waals surface area contributed by atoms with Crippen molar-refractivity contribution in [2.24, 2.45) is 0 Å². The highest BCUT2D eigenvalue weighted by molar-refractivity contribution is 7.88. The lowest BCUT2D eigenvalue weighted by Crippen LogP contribution is -2.36. The zero-order chi connectivity index (χ0) is 30.0. The molecule has 3 aliphatic rings. The predicted octanol–water partition coefficient (Wildman–Crippen LogP) is 7.41. The van der Waals surface area contributed by atoms with Gasteiger partial charge in [-0.15, -0.1) is 0 Å². The Morgan fingerprint density at radius 3 is 2.31 bits per heavy atom. The van der Waals surface area contributed by atoms with E-state index in [1.807, 2.05) is 45.0 Å². The summed E-state index contributed by atoms with van der Waals surface area (Å²) in [5, 5.41) is 0. The fraction of sp³-hybridized carbons (Fsp3) is 0.467. The number of carbonyl (C=O) groups is 1. The summed E-state index contributed by atoms with van der Waals surface area (Å²) < 4.78 is 72.9. The highest BCUT2D eigenvalue weighted by Crippen LogP contribution is 2.58. The lowest BCUT2D eigenvalue weighted by atomic mass is 9.85. The number of hydrogen-bond donors (Lipinski definition) is 1. The molecule has 8 nitrogen and oxygen atoms in total. The van der Waals surface area contributed by atoms with Gasteiger partial charge in [-0.05, 0) is 93.0 Å². The van der Waals surface area contributed by atoms with E-state index < -0.39 is 21.2 Å². The normalized spacial score (nSPS) is 22.0. The Balaban J connectivity index is 1.25. The molecule has 6 rings (SSSR count). The van der Waals surface area contributed by atoms with Crippen LogP contribution in [0.15, 0.2) is 42.6 Å². The number of nitrogens with one attached hydrogen (secondary N) is 1. The molecule has 2 heterocycles. The van der Waals surface area contributed by atoms with E-state index in [-0.39, 0.29) is 29.7 Å². The van der Waals surface area contributed by atoms with Crippen LogP contribution in [0.3, 0.4) is 0 Å². The van der Waals surface area contributed by atoms with Gasteiger partial charge in [0.1, 0.15) is 17.2 Å². The summed E-state index contributed by atoms with van der Waals surface area (Å²) in [6, 6.07) is 10.5. The highest BCUT2D eigenvalue weighted by atomic mass is 32.2. The summed E-state index contributed by atoms with van der Waals surface area (Å²) in [6.45, 7) is 6.11. The van der Waals surface area contributed by atoms with Crippen LogP contribution in [0.5, 0.6) is 5.75 Å². The molecule has 2 aromatic carbocycles. The van der Waals surface area contributed by atoms with Crippen LogP contribution < -0.4 is 4.18 Å². The molecule has 1 saturated heterocycles. The summed E-state index contributed by atoms with van der Waals surface area (Å²) in [4.78, 5) is 22.4. The number of aromatic amines is 1. The zero-order valence-corrected chi connectivity index (χ0v) is 24.3. The smallest absolute Gasteiger partial charge is 0.444 e. The number of imidazole rings is 1. The number of likely N-dealkylation sites (tertiary alicyclic amines) is 1. The van der Waals surface area contributed by atoms with Gasteiger partial charge in [-0.2, -0.15) is 21.6 Å².